The van der Waals surface area contributed by atoms with Crippen LogP contribution in [-0.2, 0) is 6.42 Å². The maximum absolute atomic E-state index is 5.91. The van der Waals surface area contributed by atoms with Crippen LogP contribution in [0.2, 0.25) is 0 Å². The van der Waals surface area contributed by atoms with Gasteiger partial charge in [-0.05, 0) is 30.4 Å². The summed E-state index contributed by atoms with van der Waals surface area (Å²) < 4.78 is 0. The summed E-state index contributed by atoms with van der Waals surface area (Å²) >= 11 is 0. The molecule has 0 saturated carbocycles. The maximum Gasteiger partial charge on any atom is 0.101 e. The van der Waals surface area contributed by atoms with Crippen molar-refractivity contribution in [2.24, 2.45) is 10.7 Å². The standard InChI is InChI=1S/C12H16N2/c1-14-12(13)11-8-4-6-9-5-2-3-7-10(9)11/h2-3,5,7,11H,4,6,8H2,1H3,(H2,13,14). The fraction of sp³-hybridized carbons (Fsp3) is 0.417. The van der Waals surface area contributed by atoms with Crippen LogP contribution in [-0.4, -0.2) is 12.9 Å². The molecule has 0 heterocycles. The molecule has 2 N–H and O–H groups in total. The van der Waals surface area contributed by atoms with Crippen LogP contribution in [0.5, 0.6) is 0 Å². The zero-order valence-corrected chi connectivity index (χ0v) is 8.53. The second-order valence-electron chi connectivity index (χ2n) is 3.79. The number of fused-ring (bicyclic) bond motifs is 1. The van der Waals surface area contributed by atoms with Gasteiger partial charge in [0.15, 0.2) is 0 Å². The van der Waals surface area contributed by atoms with E-state index in [1.165, 1.54) is 24.0 Å². The van der Waals surface area contributed by atoms with Crippen molar-refractivity contribution in [2.75, 3.05) is 7.05 Å². The molecule has 1 aromatic rings. The highest BCUT2D eigenvalue weighted by molar-refractivity contribution is 5.87. The molecule has 2 rings (SSSR count). The highest BCUT2D eigenvalue weighted by Gasteiger charge is 2.21. The van der Waals surface area contributed by atoms with Gasteiger partial charge in [-0.2, -0.15) is 0 Å². The molecule has 1 aromatic carbocycles. The predicted octanol–water partition coefficient (Wildman–Crippen LogP) is 2.09. The van der Waals surface area contributed by atoms with E-state index in [-0.39, 0.29) is 0 Å². The van der Waals surface area contributed by atoms with Crippen LogP contribution in [0.1, 0.15) is 29.9 Å². The molecule has 2 nitrogen and oxygen atoms in total. The second kappa shape index (κ2) is 3.82. The summed E-state index contributed by atoms with van der Waals surface area (Å²) in [5.74, 6) is 1.13. The van der Waals surface area contributed by atoms with Crippen LogP contribution in [0.3, 0.4) is 0 Å². The van der Waals surface area contributed by atoms with Gasteiger partial charge >= 0.3 is 0 Å². The summed E-state index contributed by atoms with van der Waals surface area (Å²) in [4.78, 5) is 4.11. The molecule has 1 atom stereocenters. The van der Waals surface area contributed by atoms with Crippen molar-refractivity contribution in [1.82, 2.24) is 0 Å². The molecule has 0 fully saturated rings. The van der Waals surface area contributed by atoms with Crippen LogP contribution in [0.15, 0.2) is 29.3 Å². The first kappa shape index (κ1) is 9.25. The SMILES string of the molecule is CN=C(N)C1CCCc2ccccc21. The number of hydrogen-bond acceptors (Lipinski definition) is 1. The zero-order chi connectivity index (χ0) is 9.97. The Morgan fingerprint density at radius 1 is 1.43 bits per heavy atom. The quantitative estimate of drug-likeness (QED) is 0.532. The Balaban J connectivity index is 2.40. The molecule has 0 spiro atoms. The minimum Gasteiger partial charge on any atom is -0.387 e. The van der Waals surface area contributed by atoms with E-state index in [4.69, 9.17) is 5.73 Å². The van der Waals surface area contributed by atoms with E-state index >= 15 is 0 Å². The van der Waals surface area contributed by atoms with Gasteiger partial charge in [-0.1, -0.05) is 24.3 Å². The number of rotatable bonds is 1. The highest BCUT2D eigenvalue weighted by Crippen LogP contribution is 2.31. The monoisotopic (exact) mass is 188 g/mol. The third kappa shape index (κ3) is 1.52. The van der Waals surface area contributed by atoms with E-state index in [9.17, 15) is 0 Å². The second-order valence-corrected chi connectivity index (χ2v) is 3.79. The summed E-state index contributed by atoms with van der Waals surface area (Å²) in [7, 11) is 1.77. The number of nitrogens with zero attached hydrogens (tertiary/aromatic N) is 1. The Labute approximate surface area is 84.9 Å². The Morgan fingerprint density at radius 3 is 3.00 bits per heavy atom. The molecule has 0 bridgehead atoms. The Bertz CT molecular complexity index is 355. The lowest BCUT2D eigenvalue weighted by atomic mass is 9.82. The maximum atomic E-state index is 5.91. The van der Waals surface area contributed by atoms with Crippen molar-refractivity contribution in [3.63, 3.8) is 0 Å². The lowest BCUT2D eigenvalue weighted by Gasteiger charge is -2.24. The molecule has 2 heteroatoms. The molecule has 0 amide bonds. The van der Waals surface area contributed by atoms with E-state index in [1.807, 2.05) is 0 Å². The van der Waals surface area contributed by atoms with E-state index in [2.05, 4.69) is 29.3 Å². The van der Waals surface area contributed by atoms with Crippen LogP contribution in [0, 0.1) is 0 Å². The number of hydrogen-bond donors (Lipinski definition) is 1. The van der Waals surface area contributed by atoms with Gasteiger partial charge < -0.3 is 5.73 Å². The Morgan fingerprint density at radius 2 is 2.21 bits per heavy atom. The van der Waals surface area contributed by atoms with Gasteiger partial charge in [0.2, 0.25) is 0 Å². The summed E-state index contributed by atoms with van der Waals surface area (Å²) in [6.07, 6.45) is 3.54. The topological polar surface area (TPSA) is 38.4 Å². The minimum absolute atomic E-state index is 0.352. The average Bonchev–Trinajstić information content (AvgIpc) is 2.27. The van der Waals surface area contributed by atoms with Crippen LogP contribution >= 0.6 is 0 Å². The zero-order valence-electron chi connectivity index (χ0n) is 8.53. The lowest BCUT2D eigenvalue weighted by molar-refractivity contribution is 0.646. The largest absolute Gasteiger partial charge is 0.387 e. The van der Waals surface area contributed by atoms with E-state index in [0.717, 1.165) is 12.3 Å². The molecule has 74 valence electrons. The summed E-state index contributed by atoms with van der Waals surface area (Å²) in [5, 5.41) is 0. The summed E-state index contributed by atoms with van der Waals surface area (Å²) in [6, 6.07) is 8.56. The summed E-state index contributed by atoms with van der Waals surface area (Å²) in [5.41, 5.74) is 8.73. The van der Waals surface area contributed by atoms with Crippen molar-refractivity contribution in [3.05, 3.63) is 35.4 Å². The predicted molar refractivity (Wildman–Crippen MR) is 59.7 cm³/mol. The fourth-order valence-electron chi connectivity index (χ4n) is 2.22. The molecule has 0 aromatic heterocycles. The fourth-order valence-corrected chi connectivity index (χ4v) is 2.22. The molecular weight excluding hydrogens is 172 g/mol. The first-order valence-corrected chi connectivity index (χ1v) is 5.13. The number of benzene rings is 1. The number of nitrogens with two attached hydrogens (primary N) is 1. The smallest absolute Gasteiger partial charge is 0.101 e. The van der Waals surface area contributed by atoms with Crippen LogP contribution in [0.25, 0.3) is 0 Å². The molecule has 0 saturated heterocycles. The molecule has 1 unspecified atom stereocenters. The van der Waals surface area contributed by atoms with Gasteiger partial charge in [0.25, 0.3) is 0 Å². The van der Waals surface area contributed by atoms with E-state index in [0.29, 0.717) is 5.92 Å². The van der Waals surface area contributed by atoms with Gasteiger partial charge in [-0.25, -0.2) is 0 Å². The van der Waals surface area contributed by atoms with Gasteiger partial charge in [0.1, 0.15) is 5.84 Å². The van der Waals surface area contributed by atoms with Gasteiger partial charge in [0, 0.05) is 13.0 Å². The number of aliphatic imine (C=N–C) groups is 1. The molecule has 0 radical (unpaired) electrons. The van der Waals surface area contributed by atoms with Gasteiger partial charge in [-0.15, -0.1) is 0 Å². The summed E-state index contributed by atoms with van der Waals surface area (Å²) in [6.45, 7) is 0. The lowest BCUT2D eigenvalue weighted by Crippen LogP contribution is -2.25. The van der Waals surface area contributed by atoms with Crippen molar-refractivity contribution >= 4 is 5.84 Å². The van der Waals surface area contributed by atoms with Crippen molar-refractivity contribution in [1.29, 1.82) is 0 Å². The third-order valence-electron chi connectivity index (χ3n) is 2.98. The van der Waals surface area contributed by atoms with Gasteiger partial charge in [0.05, 0.1) is 0 Å². The van der Waals surface area contributed by atoms with E-state index < -0.39 is 0 Å². The van der Waals surface area contributed by atoms with Crippen molar-refractivity contribution in [2.45, 2.75) is 25.2 Å². The molecule has 1 aliphatic rings. The normalized spacial score (nSPS) is 21.8. The minimum atomic E-state index is 0.352. The van der Waals surface area contributed by atoms with Gasteiger partial charge in [-0.3, -0.25) is 4.99 Å². The van der Waals surface area contributed by atoms with Crippen LogP contribution in [0.4, 0.5) is 0 Å². The first-order chi connectivity index (χ1) is 6.83. The number of amidine groups is 1. The Kier molecular flexibility index (Phi) is 2.53. The van der Waals surface area contributed by atoms with Crippen LogP contribution < -0.4 is 5.73 Å². The average molecular weight is 188 g/mol. The van der Waals surface area contributed by atoms with Crippen molar-refractivity contribution in [3.8, 4) is 0 Å². The number of aryl methyl sites for hydroxylation is 1. The molecule has 0 aliphatic heterocycles. The molecular formula is C12H16N2. The van der Waals surface area contributed by atoms with Crippen molar-refractivity contribution < 1.29 is 0 Å². The molecule has 14 heavy (non-hydrogen) atoms. The Hall–Kier alpha value is -1.31. The third-order valence-corrected chi connectivity index (χ3v) is 2.98. The first-order valence-electron chi connectivity index (χ1n) is 5.13. The highest BCUT2D eigenvalue weighted by atomic mass is 14.8. The van der Waals surface area contributed by atoms with E-state index in [1.54, 1.807) is 7.05 Å². The molecule has 1 aliphatic carbocycles.